The summed E-state index contributed by atoms with van der Waals surface area (Å²) in [6, 6.07) is 0. The number of hydrogen-bond acceptors (Lipinski definition) is 5. The number of aromatic nitrogens is 1. The van der Waals surface area contributed by atoms with Crippen LogP contribution in [-0.4, -0.2) is 42.0 Å². The van der Waals surface area contributed by atoms with Crippen molar-refractivity contribution in [1.82, 2.24) is 15.2 Å². The van der Waals surface area contributed by atoms with E-state index in [9.17, 15) is 4.79 Å². The second-order valence-electron chi connectivity index (χ2n) is 4.49. The number of hydrogen-bond donors (Lipinski definition) is 2. The van der Waals surface area contributed by atoms with Crippen LogP contribution in [0.25, 0.3) is 0 Å². The zero-order valence-corrected chi connectivity index (χ0v) is 13.8. The van der Waals surface area contributed by atoms with E-state index in [-0.39, 0.29) is 30.7 Å². The third kappa shape index (κ3) is 5.93. The van der Waals surface area contributed by atoms with Crippen molar-refractivity contribution in [3.8, 4) is 0 Å². The lowest BCUT2D eigenvalue weighted by Crippen LogP contribution is -2.37. The van der Waals surface area contributed by atoms with Crippen LogP contribution in [0.1, 0.15) is 34.8 Å². The molecule has 116 valence electrons. The third-order valence-electron chi connectivity index (χ3n) is 3.12. The summed E-state index contributed by atoms with van der Waals surface area (Å²) in [5.74, 6) is -0.0945. The van der Waals surface area contributed by atoms with Gasteiger partial charge in [-0.15, -0.1) is 36.2 Å². The second kappa shape index (κ2) is 10.3. The topological polar surface area (TPSA) is 71.2 Å². The zero-order valence-electron chi connectivity index (χ0n) is 11.3. The quantitative estimate of drug-likeness (QED) is 0.855. The first-order valence-electron chi connectivity index (χ1n) is 6.44. The van der Waals surface area contributed by atoms with Crippen molar-refractivity contribution in [3.05, 3.63) is 16.1 Å². The predicted octanol–water partition coefficient (Wildman–Crippen LogP) is 1.66. The molecule has 2 rings (SSSR count). The number of carbonyl (C=O) groups excluding carboxylic acids is 1. The van der Waals surface area contributed by atoms with Crippen LogP contribution in [0.15, 0.2) is 5.38 Å². The number of nitrogens with one attached hydrogen (secondary N) is 1. The van der Waals surface area contributed by atoms with Gasteiger partial charge >= 0.3 is 0 Å². The maximum Gasteiger partial charge on any atom is 0.270 e. The minimum absolute atomic E-state index is 0. The van der Waals surface area contributed by atoms with Gasteiger partial charge < -0.3 is 16.0 Å². The number of carbonyl (C=O) groups is 1. The first-order valence-corrected chi connectivity index (χ1v) is 7.32. The van der Waals surface area contributed by atoms with E-state index in [1.165, 1.54) is 30.6 Å². The average molecular weight is 341 g/mol. The van der Waals surface area contributed by atoms with Gasteiger partial charge in [-0.25, -0.2) is 4.98 Å². The van der Waals surface area contributed by atoms with Crippen LogP contribution in [0.2, 0.25) is 0 Å². The SMILES string of the molecule is Cl.Cl.NCc1nc(C(=O)NCCN2CCCCC2)cs1. The number of piperidine rings is 1. The lowest BCUT2D eigenvalue weighted by Gasteiger charge is -2.26. The maximum atomic E-state index is 11.8. The molecule has 0 spiro atoms. The zero-order chi connectivity index (χ0) is 12.8. The molecule has 1 amide bonds. The van der Waals surface area contributed by atoms with Crippen molar-refractivity contribution in [2.45, 2.75) is 25.8 Å². The normalized spacial score (nSPS) is 15.1. The van der Waals surface area contributed by atoms with Crippen molar-refractivity contribution < 1.29 is 4.79 Å². The minimum Gasteiger partial charge on any atom is -0.349 e. The Hall–Kier alpha value is -0.400. The Morgan fingerprint density at radius 1 is 1.35 bits per heavy atom. The molecule has 20 heavy (non-hydrogen) atoms. The van der Waals surface area contributed by atoms with E-state index in [1.54, 1.807) is 5.38 Å². The summed E-state index contributed by atoms with van der Waals surface area (Å²) >= 11 is 1.43. The fourth-order valence-corrected chi connectivity index (χ4v) is 2.76. The molecule has 1 saturated heterocycles. The highest BCUT2D eigenvalue weighted by Crippen LogP contribution is 2.09. The van der Waals surface area contributed by atoms with Crippen LogP contribution in [0.4, 0.5) is 0 Å². The first kappa shape index (κ1) is 19.6. The highest BCUT2D eigenvalue weighted by atomic mass is 35.5. The Balaban J connectivity index is 0.00000180. The second-order valence-corrected chi connectivity index (χ2v) is 5.43. The van der Waals surface area contributed by atoms with Crippen LogP contribution in [0, 0.1) is 0 Å². The van der Waals surface area contributed by atoms with Gasteiger partial charge in [-0.3, -0.25) is 4.79 Å². The summed E-state index contributed by atoms with van der Waals surface area (Å²) < 4.78 is 0. The van der Waals surface area contributed by atoms with Crippen molar-refractivity contribution in [2.24, 2.45) is 5.73 Å². The Bertz CT molecular complexity index is 397. The van der Waals surface area contributed by atoms with E-state index in [4.69, 9.17) is 5.73 Å². The van der Waals surface area contributed by atoms with E-state index in [1.807, 2.05) is 0 Å². The number of rotatable bonds is 5. The fraction of sp³-hybridized carbons (Fsp3) is 0.667. The molecular formula is C12H22Cl2N4OS. The van der Waals surface area contributed by atoms with Crippen LogP contribution in [-0.2, 0) is 6.54 Å². The van der Waals surface area contributed by atoms with Crippen molar-refractivity contribution in [2.75, 3.05) is 26.2 Å². The molecule has 8 heteroatoms. The molecule has 0 saturated carbocycles. The van der Waals surface area contributed by atoms with Crippen LogP contribution < -0.4 is 11.1 Å². The predicted molar refractivity (Wildman–Crippen MR) is 87.1 cm³/mol. The molecule has 1 fully saturated rings. The van der Waals surface area contributed by atoms with Gasteiger partial charge in [0.05, 0.1) is 0 Å². The summed E-state index contributed by atoms with van der Waals surface area (Å²) in [5, 5.41) is 5.47. The van der Waals surface area contributed by atoms with E-state index in [0.29, 0.717) is 18.8 Å². The average Bonchev–Trinajstić information content (AvgIpc) is 2.89. The maximum absolute atomic E-state index is 11.8. The molecule has 1 aromatic heterocycles. The van der Waals surface area contributed by atoms with Crippen molar-refractivity contribution in [1.29, 1.82) is 0 Å². The van der Waals surface area contributed by atoms with Gasteiger partial charge in [-0.1, -0.05) is 6.42 Å². The molecular weight excluding hydrogens is 319 g/mol. The monoisotopic (exact) mass is 340 g/mol. The van der Waals surface area contributed by atoms with Crippen molar-refractivity contribution in [3.63, 3.8) is 0 Å². The molecule has 0 radical (unpaired) electrons. The molecule has 0 aromatic carbocycles. The number of halogens is 2. The summed E-state index contributed by atoms with van der Waals surface area (Å²) in [6.07, 6.45) is 3.89. The van der Waals surface area contributed by atoms with Gasteiger partial charge in [0.1, 0.15) is 10.7 Å². The fourth-order valence-electron chi connectivity index (χ4n) is 2.11. The summed E-state index contributed by atoms with van der Waals surface area (Å²) in [7, 11) is 0. The number of likely N-dealkylation sites (tertiary alicyclic amines) is 1. The van der Waals surface area contributed by atoms with Gasteiger partial charge in [0, 0.05) is 25.0 Å². The lowest BCUT2D eigenvalue weighted by atomic mass is 10.1. The highest BCUT2D eigenvalue weighted by Gasteiger charge is 2.12. The number of thiazole rings is 1. The number of nitrogens with zero attached hydrogens (tertiary/aromatic N) is 2. The molecule has 0 atom stereocenters. The molecule has 1 aliphatic rings. The molecule has 5 nitrogen and oxygen atoms in total. The van der Waals surface area contributed by atoms with E-state index in [2.05, 4.69) is 15.2 Å². The van der Waals surface area contributed by atoms with Gasteiger partial charge in [0.2, 0.25) is 0 Å². The molecule has 0 unspecified atom stereocenters. The summed E-state index contributed by atoms with van der Waals surface area (Å²) in [5.41, 5.74) is 5.96. The van der Waals surface area contributed by atoms with Crippen molar-refractivity contribution >= 4 is 42.1 Å². The Morgan fingerprint density at radius 3 is 2.65 bits per heavy atom. The molecule has 0 aliphatic carbocycles. The standard InChI is InChI=1S/C12H20N4OS.2ClH/c13-8-11-15-10(9-18-11)12(17)14-4-7-16-5-2-1-3-6-16;;/h9H,1-8,13H2,(H,14,17);2*1H. The van der Waals surface area contributed by atoms with Gasteiger partial charge in [-0.2, -0.15) is 0 Å². The molecule has 0 bridgehead atoms. The summed E-state index contributed by atoms with van der Waals surface area (Å²) in [6.45, 7) is 4.33. The van der Waals surface area contributed by atoms with Crippen LogP contribution in [0.5, 0.6) is 0 Å². The molecule has 3 N–H and O–H groups in total. The third-order valence-corrected chi connectivity index (χ3v) is 3.99. The summed E-state index contributed by atoms with van der Waals surface area (Å²) in [4.78, 5) is 18.4. The molecule has 1 aliphatic heterocycles. The highest BCUT2D eigenvalue weighted by molar-refractivity contribution is 7.09. The van der Waals surface area contributed by atoms with Gasteiger partial charge in [0.25, 0.3) is 5.91 Å². The Labute approximate surface area is 136 Å². The van der Waals surface area contributed by atoms with E-state index >= 15 is 0 Å². The van der Waals surface area contributed by atoms with Gasteiger partial charge in [-0.05, 0) is 25.9 Å². The van der Waals surface area contributed by atoms with E-state index in [0.717, 1.165) is 24.6 Å². The smallest absolute Gasteiger partial charge is 0.270 e. The van der Waals surface area contributed by atoms with Gasteiger partial charge in [0.15, 0.2) is 0 Å². The van der Waals surface area contributed by atoms with Crippen LogP contribution >= 0.6 is 36.2 Å². The molecule has 1 aromatic rings. The Morgan fingerprint density at radius 2 is 2.05 bits per heavy atom. The lowest BCUT2D eigenvalue weighted by molar-refractivity contribution is 0.0942. The molecule has 2 heterocycles. The minimum atomic E-state index is -0.0945. The number of amides is 1. The van der Waals surface area contributed by atoms with E-state index < -0.39 is 0 Å². The van der Waals surface area contributed by atoms with Crippen LogP contribution in [0.3, 0.4) is 0 Å². The Kier molecular flexibility index (Phi) is 10.1. The number of nitrogens with two attached hydrogens (primary N) is 1. The largest absolute Gasteiger partial charge is 0.349 e. The first-order chi connectivity index (χ1) is 8.79.